The van der Waals surface area contributed by atoms with E-state index in [1.807, 2.05) is 0 Å². The number of hydrogen-bond acceptors (Lipinski definition) is 4. The van der Waals surface area contributed by atoms with Crippen molar-refractivity contribution >= 4 is 30.8 Å². The Bertz CT molecular complexity index is 864. The normalized spacial score (nSPS) is 20.7. The minimum absolute atomic E-state index is 0. The van der Waals surface area contributed by atoms with Crippen LogP contribution in [0.25, 0.3) is 0 Å². The van der Waals surface area contributed by atoms with Gasteiger partial charge in [0, 0.05) is 30.6 Å². The van der Waals surface area contributed by atoms with Gasteiger partial charge in [-0.15, -0.1) is 24.8 Å². The minimum Gasteiger partial charge on any atom is -0.492 e. The summed E-state index contributed by atoms with van der Waals surface area (Å²) in [6.07, 6.45) is 3.19. The van der Waals surface area contributed by atoms with Crippen LogP contribution in [0.2, 0.25) is 0 Å². The lowest BCUT2D eigenvalue weighted by Crippen LogP contribution is -2.44. The highest BCUT2D eigenvalue weighted by Crippen LogP contribution is 2.41. The molecule has 0 spiro atoms. The molecule has 2 atom stereocenters. The second kappa shape index (κ2) is 12.4. The number of piperidine rings is 1. The van der Waals surface area contributed by atoms with Crippen LogP contribution in [0, 0.1) is 5.82 Å². The Morgan fingerprint density at radius 1 is 1.12 bits per heavy atom. The van der Waals surface area contributed by atoms with Crippen LogP contribution in [0.5, 0.6) is 5.75 Å². The number of halogens is 3. The van der Waals surface area contributed by atoms with Crippen LogP contribution in [0.15, 0.2) is 48.5 Å². The maximum atomic E-state index is 13.9. The van der Waals surface area contributed by atoms with Gasteiger partial charge < -0.3 is 15.2 Å². The smallest absolute Gasteiger partial charge is 0.307 e. The standard InChI is InChI=1S/C24H29FN2O3.2ClH/c25-22-15-20(7-6-18(22)14-24(28)29)30-13-12-27-10-8-19(9-11-27)26-23-16-21(23)17-4-2-1-3-5-17;;/h1-7,15,19,21,23,26H,8-14,16H2,(H,28,29);2*1H/t21-,23+;;/m0../s1. The number of carbonyl (C=O) groups is 1. The highest BCUT2D eigenvalue weighted by Gasteiger charge is 2.39. The third-order valence-corrected chi connectivity index (χ3v) is 6.10. The molecule has 1 aliphatic carbocycles. The Kier molecular flexibility index (Phi) is 10.2. The first-order valence-corrected chi connectivity index (χ1v) is 10.7. The average molecular weight is 485 g/mol. The van der Waals surface area contributed by atoms with Crippen LogP contribution in [0.1, 0.15) is 36.3 Å². The van der Waals surface area contributed by atoms with Crippen molar-refractivity contribution in [1.29, 1.82) is 0 Å². The molecule has 0 unspecified atom stereocenters. The van der Waals surface area contributed by atoms with E-state index < -0.39 is 11.8 Å². The molecular weight excluding hydrogens is 454 g/mol. The van der Waals surface area contributed by atoms with Gasteiger partial charge in [-0.05, 0) is 49.5 Å². The number of ether oxygens (including phenoxy) is 1. The van der Waals surface area contributed by atoms with Crippen LogP contribution in [-0.2, 0) is 11.2 Å². The van der Waals surface area contributed by atoms with E-state index in [-0.39, 0.29) is 36.8 Å². The first-order chi connectivity index (χ1) is 14.6. The zero-order valence-corrected chi connectivity index (χ0v) is 19.5. The number of hydrogen-bond donors (Lipinski definition) is 2. The summed E-state index contributed by atoms with van der Waals surface area (Å²) in [5.41, 5.74) is 1.62. The zero-order chi connectivity index (χ0) is 20.9. The van der Waals surface area contributed by atoms with E-state index in [0.29, 0.717) is 30.4 Å². The lowest BCUT2D eigenvalue weighted by Gasteiger charge is -2.32. The summed E-state index contributed by atoms with van der Waals surface area (Å²) >= 11 is 0. The molecule has 2 aliphatic rings. The molecule has 0 radical (unpaired) electrons. The third-order valence-electron chi connectivity index (χ3n) is 6.10. The molecule has 1 aliphatic heterocycles. The lowest BCUT2D eigenvalue weighted by atomic mass is 10.0. The molecule has 8 heteroatoms. The summed E-state index contributed by atoms with van der Waals surface area (Å²) in [7, 11) is 0. The van der Waals surface area contributed by atoms with Crippen molar-refractivity contribution in [3.05, 3.63) is 65.5 Å². The fourth-order valence-corrected chi connectivity index (χ4v) is 4.29. The third kappa shape index (κ3) is 7.34. The van der Waals surface area contributed by atoms with E-state index in [1.54, 1.807) is 6.07 Å². The average Bonchev–Trinajstić information content (AvgIpc) is 3.51. The number of carboxylic acid groups (broad SMARTS) is 1. The van der Waals surface area contributed by atoms with E-state index in [2.05, 4.69) is 40.5 Å². The van der Waals surface area contributed by atoms with Crippen molar-refractivity contribution < 1.29 is 19.0 Å². The monoisotopic (exact) mass is 484 g/mol. The maximum absolute atomic E-state index is 13.9. The van der Waals surface area contributed by atoms with E-state index in [9.17, 15) is 9.18 Å². The fourth-order valence-electron chi connectivity index (χ4n) is 4.29. The van der Waals surface area contributed by atoms with Crippen molar-refractivity contribution in [2.45, 2.75) is 43.7 Å². The van der Waals surface area contributed by atoms with Crippen molar-refractivity contribution in [3.63, 3.8) is 0 Å². The number of benzene rings is 2. The van der Waals surface area contributed by atoms with Gasteiger partial charge in [-0.2, -0.15) is 0 Å². The van der Waals surface area contributed by atoms with Gasteiger partial charge in [0.1, 0.15) is 18.2 Å². The Labute approximate surface area is 201 Å². The number of nitrogens with zero attached hydrogens (tertiary/aromatic N) is 1. The second-order valence-electron chi connectivity index (χ2n) is 8.31. The molecule has 2 fully saturated rings. The lowest BCUT2D eigenvalue weighted by molar-refractivity contribution is -0.136. The summed E-state index contributed by atoms with van der Waals surface area (Å²) < 4.78 is 19.6. The van der Waals surface area contributed by atoms with Crippen molar-refractivity contribution in [1.82, 2.24) is 10.2 Å². The Morgan fingerprint density at radius 2 is 1.84 bits per heavy atom. The molecule has 0 amide bonds. The van der Waals surface area contributed by atoms with Crippen LogP contribution >= 0.6 is 24.8 Å². The van der Waals surface area contributed by atoms with Crippen molar-refractivity contribution in [2.24, 2.45) is 0 Å². The van der Waals surface area contributed by atoms with Gasteiger partial charge in [0.2, 0.25) is 0 Å². The summed E-state index contributed by atoms with van der Waals surface area (Å²) in [6.45, 7) is 3.38. The molecule has 0 bridgehead atoms. The predicted octanol–water partition coefficient (Wildman–Crippen LogP) is 4.29. The topological polar surface area (TPSA) is 61.8 Å². The van der Waals surface area contributed by atoms with Crippen LogP contribution < -0.4 is 10.1 Å². The van der Waals surface area contributed by atoms with Crippen molar-refractivity contribution in [2.75, 3.05) is 26.2 Å². The molecule has 32 heavy (non-hydrogen) atoms. The van der Waals surface area contributed by atoms with Crippen LogP contribution in [-0.4, -0.2) is 54.3 Å². The van der Waals surface area contributed by atoms with Gasteiger partial charge in [0.15, 0.2) is 0 Å². The van der Waals surface area contributed by atoms with Gasteiger partial charge in [-0.1, -0.05) is 36.4 Å². The maximum Gasteiger partial charge on any atom is 0.307 e. The van der Waals surface area contributed by atoms with Crippen molar-refractivity contribution in [3.8, 4) is 5.75 Å². The SMILES string of the molecule is Cl.Cl.O=C(O)Cc1ccc(OCCN2CCC(N[C@@H]3C[C@H]3c3ccccc3)CC2)cc1F. The van der Waals surface area contributed by atoms with Crippen LogP contribution in [0.4, 0.5) is 4.39 Å². The number of aliphatic carboxylic acids is 1. The van der Waals surface area contributed by atoms with E-state index in [0.717, 1.165) is 32.5 Å². The Balaban J connectivity index is 0.00000181. The molecule has 5 nitrogen and oxygen atoms in total. The van der Waals surface area contributed by atoms with Gasteiger partial charge in [0.25, 0.3) is 0 Å². The summed E-state index contributed by atoms with van der Waals surface area (Å²) in [6, 6.07) is 16.3. The van der Waals surface area contributed by atoms with Gasteiger partial charge in [-0.25, -0.2) is 4.39 Å². The summed E-state index contributed by atoms with van der Waals surface area (Å²) in [5.74, 6) is -0.466. The number of rotatable bonds is 9. The molecule has 2 aromatic carbocycles. The Morgan fingerprint density at radius 3 is 2.50 bits per heavy atom. The summed E-state index contributed by atoms with van der Waals surface area (Å²) in [5, 5.41) is 12.6. The molecule has 0 aromatic heterocycles. The van der Waals surface area contributed by atoms with Gasteiger partial charge >= 0.3 is 5.97 Å². The van der Waals surface area contributed by atoms with E-state index in [4.69, 9.17) is 9.84 Å². The number of nitrogens with one attached hydrogen (secondary N) is 1. The molecular formula is C24H31Cl2FN2O3. The molecule has 1 heterocycles. The molecule has 4 rings (SSSR count). The molecule has 1 saturated heterocycles. The first-order valence-electron chi connectivity index (χ1n) is 10.7. The molecule has 2 N–H and O–H groups in total. The fraction of sp³-hybridized carbons (Fsp3) is 0.458. The van der Waals surface area contributed by atoms with E-state index in [1.165, 1.54) is 24.1 Å². The Hall–Kier alpha value is -1.86. The van der Waals surface area contributed by atoms with Gasteiger partial charge in [0.05, 0.1) is 6.42 Å². The van der Waals surface area contributed by atoms with E-state index >= 15 is 0 Å². The number of likely N-dealkylation sites (tertiary alicyclic amines) is 1. The summed E-state index contributed by atoms with van der Waals surface area (Å²) in [4.78, 5) is 13.1. The molecule has 176 valence electrons. The highest BCUT2D eigenvalue weighted by molar-refractivity contribution is 5.85. The molecule has 1 saturated carbocycles. The van der Waals surface area contributed by atoms with Gasteiger partial charge in [-0.3, -0.25) is 9.69 Å². The largest absolute Gasteiger partial charge is 0.492 e. The highest BCUT2D eigenvalue weighted by atomic mass is 35.5. The predicted molar refractivity (Wildman–Crippen MR) is 128 cm³/mol. The molecule has 2 aromatic rings. The van der Waals surface area contributed by atoms with Crippen LogP contribution in [0.3, 0.4) is 0 Å². The first kappa shape index (κ1) is 26.4. The second-order valence-corrected chi connectivity index (χ2v) is 8.31. The minimum atomic E-state index is -1.04. The number of carboxylic acids is 1. The quantitative estimate of drug-likeness (QED) is 0.555. The zero-order valence-electron chi connectivity index (χ0n) is 17.9.